The van der Waals surface area contributed by atoms with Crippen molar-refractivity contribution in [2.75, 3.05) is 32.9 Å². The molecule has 0 aliphatic rings. The van der Waals surface area contributed by atoms with E-state index in [0.29, 0.717) is 13.0 Å². The summed E-state index contributed by atoms with van der Waals surface area (Å²) in [4.78, 5) is 0. The molecule has 0 amide bonds. The fourth-order valence-electron chi connectivity index (χ4n) is 1.66. The minimum Gasteiger partial charge on any atom is -0.320 e. The quantitative estimate of drug-likeness (QED) is 0.720. The Morgan fingerprint density at radius 2 is 1.89 bits per heavy atom. The average Bonchev–Trinajstić information content (AvgIpc) is 2.37. The van der Waals surface area contributed by atoms with Crippen LogP contribution in [0.15, 0.2) is 30.3 Å². The van der Waals surface area contributed by atoms with Crippen molar-refractivity contribution in [2.45, 2.75) is 12.8 Å². The Balaban J connectivity index is 2.42. The normalized spacial score (nSPS) is 11.9. The maximum Gasteiger partial charge on any atom is 0.213 e. The number of likely N-dealkylation sites (N-methyl/N-ethyl adjacent to an activating group) is 1. The van der Waals surface area contributed by atoms with Gasteiger partial charge in [0.2, 0.25) is 10.0 Å². The Labute approximate surface area is 110 Å². The highest BCUT2D eigenvalue weighted by Crippen LogP contribution is 2.05. The first-order valence-electron chi connectivity index (χ1n) is 6.19. The molecule has 0 aromatic heterocycles. The third-order valence-corrected chi connectivity index (χ3v) is 4.80. The lowest BCUT2D eigenvalue weighted by Gasteiger charge is -2.17. The van der Waals surface area contributed by atoms with Crippen LogP contribution >= 0.6 is 0 Å². The highest BCUT2D eigenvalue weighted by molar-refractivity contribution is 7.89. The van der Waals surface area contributed by atoms with Crippen LogP contribution in [-0.2, 0) is 16.4 Å². The summed E-state index contributed by atoms with van der Waals surface area (Å²) in [6, 6.07) is 9.93. The van der Waals surface area contributed by atoms with Gasteiger partial charge in [0.15, 0.2) is 0 Å². The standard InChI is InChI=1S/C13H22N2O2S/c1-14-10-6-12-18(16,17)15(2)11-9-13-7-4-3-5-8-13/h3-5,7-8,14H,6,9-12H2,1-2H3. The van der Waals surface area contributed by atoms with Crippen LogP contribution in [-0.4, -0.2) is 45.7 Å². The largest absolute Gasteiger partial charge is 0.320 e. The van der Waals surface area contributed by atoms with Crippen molar-refractivity contribution in [2.24, 2.45) is 0 Å². The lowest BCUT2D eigenvalue weighted by atomic mass is 10.2. The predicted molar refractivity (Wildman–Crippen MR) is 75.1 cm³/mol. The molecule has 0 aliphatic heterocycles. The van der Waals surface area contributed by atoms with Crippen molar-refractivity contribution in [3.63, 3.8) is 0 Å². The molecule has 0 spiro atoms. The van der Waals surface area contributed by atoms with Crippen molar-refractivity contribution in [1.82, 2.24) is 9.62 Å². The molecular formula is C13H22N2O2S. The molecule has 0 bridgehead atoms. The Kier molecular flexibility index (Phi) is 6.32. The van der Waals surface area contributed by atoms with Crippen LogP contribution in [0.1, 0.15) is 12.0 Å². The van der Waals surface area contributed by atoms with Gasteiger partial charge in [0.05, 0.1) is 5.75 Å². The minimum absolute atomic E-state index is 0.207. The first-order chi connectivity index (χ1) is 8.56. The fraction of sp³-hybridized carbons (Fsp3) is 0.538. The highest BCUT2D eigenvalue weighted by Gasteiger charge is 2.16. The average molecular weight is 270 g/mol. The van der Waals surface area contributed by atoms with Crippen molar-refractivity contribution >= 4 is 10.0 Å². The van der Waals surface area contributed by atoms with Gasteiger partial charge in [-0.05, 0) is 32.0 Å². The van der Waals surface area contributed by atoms with E-state index in [2.05, 4.69) is 5.32 Å². The van der Waals surface area contributed by atoms with Crippen LogP contribution in [0.25, 0.3) is 0 Å². The molecular weight excluding hydrogens is 248 g/mol. The zero-order chi connectivity index (χ0) is 13.4. The highest BCUT2D eigenvalue weighted by atomic mass is 32.2. The van der Waals surface area contributed by atoms with Crippen LogP contribution in [0.4, 0.5) is 0 Å². The summed E-state index contributed by atoms with van der Waals surface area (Å²) in [5.74, 6) is 0.207. The van der Waals surface area contributed by atoms with E-state index in [4.69, 9.17) is 0 Å². The monoisotopic (exact) mass is 270 g/mol. The summed E-state index contributed by atoms with van der Waals surface area (Å²) in [7, 11) is 0.366. The molecule has 0 aliphatic carbocycles. The summed E-state index contributed by atoms with van der Waals surface area (Å²) in [5.41, 5.74) is 1.16. The Hall–Kier alpha value is -0.910. The summed E-state index contributed by atoms with van der Waals surface area (Å²) in [5, 5.41) is 2.95. The third-order valence-electron chi connectivity index (χ3n) is 2.86. The maximum atomic E-state index is 11.9. The van der Waals surface area contributed by atoms with Gasteiger partial charge in [0.1, 0.15) is 0 Å². The Morgan fingerprint density at radius 3 is 2.50 bits per heavy atom. The zero-order valence-electron chi connectivity index (χ0n) is 11.1. The number of nitrogens with one attached hydrogen (secondary N) is 1. The lowest BCUT2D eigenvalue weighted by molar-refractivity contribution is 0.470. The second kappa shape index (κ2) is 7.51. The first-order valence-corrected chi connectivity index (χ1v) is 7.79. The molecule has 5 heteroatoms. The predicted octanol–water partition coefficient (Wildman–Crippen LogP) is 1.10. The first kappa shape index (κ1) is 15.1. The molecule has 0 heterocycles. The molecule has 0 fully saturated rings. The van der Waals surface area contributed by atoms with E-state index in [1.807, 2.05) is 37.4 Å². The van der Waals surface area contributed by atoms with Gasteiger partial charge in [-0.1, -0.05) is 30.3 Å². The van der Waals surface area contributed by atoms with Crippen molar-refractivity contribution < 1.29 is 8.42 Å². The van der Waals surface area contributed by atoms with Gasteiger partial charge in [-0.25, -0.2) is 12.7 Å². The molecule has 0 radical (unpaired) electrons. The maximum absolute atomic E-state index is 11.9. The van der Waals surface area contributed by atoms with Crippen LogP contribution in [0, 0.1) is 0 Å². The second-order valence-electron chi connectivity index (χ2n) is 4.33. The number of hydrogen-bond acceptors (Lipinski definition) is 3. The molecule has 18 heavy (non-hydrogen) atoms. The van der Waals surface area contributed by atoms with E-state index in [9.17, 15) is 8.42 Å². The topological polar surface area (TPSA) is 49.4 Å². The molecule has 0 atom stereocenters. The van der Waals surface area contributed by atoms with E-state index in [-0.39, 0.29) is 5.75 Å². The van der Waals surface area contributed by atoms with Gasteiger partial charge >= 0.3 is 0 Å². The van der Waals surface area contributed by atoms with Crippen molar-refractivity contribution in [3.05, 3.63) is 35.9 Å². The number of rotatable bonds is 8. The van der Waals surface area contributed by atoms with Gasteiger partial charge in [-0.15, -0.1) is 0 Å². The number of nitrogens with zero attached hydrogens (tertiary/aromatic N) is 1. The molecule has 1 N–H and O–H groups in total. The number of benzene rings is 1. The van der Waals surface area contributed by atoms with Crippen molar-refractivity contribution in [3.8, 4) is 0 Å². The smallest absolute Gasteiger partial charge is 0.213 e. The van der Waals surface area contributed by atoms with E-state index < -0.39 is 10.0 Å². The van der Waals surface area contributed by atoms with Crippen LogP contribution in [0.5, 0.6) is 0 Å². The third kappa shape index (κ3) is 5.16. The van der Waals surface area contributed by atoms with Gasteiger partial charge in [0, 0.05) is 13.6 Å². The molecule has 1 aromatic carbocycles. The number of hydrogen-bond donors (Lipinski definition) is 1. The molecule has 4 nitrogen and oxygen atoms in total. The van der Waals surface area contributed by atoms with Gasteiger partial charge in [0.25, 0.3) is 0 Å². The second-order valence-corrected chi connectivity index (χ2v) is 6.53. The molecule has 0 saturated carbocycles. The van der Waals surface area contributed by atoms with Crippen LogP contribution < -0.4 is 5.32 Å². The van der Waals surface area contributed by atoms with Crippen LogP contribution in [0.3, 0.4) is 0 Å². The Bertz CT molecular complexity index is 432. The van der Waals surface area contributed by atoms with E-state index in [1.54, 1.807) is 7.05 Å². The molecule has 1 aromatic rings. The Morgan fingerprint density at radius 1 is 1.22 bits per heavy atom. The number of sulfonamides is 1. The van der Waals surface area contributed by atoms with Crippen LogP contribution in [0.2, 0.25) is 0 Å². The lowest BCUT2D eigenvalue weighted by Crippen LogP contribution is -2.32. The summed E-state index contributed by atoms with van der Waals surface area (Å²) in [6.07, 6.45) is 1.40. The van der Waals surface area contributed by atoms with E-state index in [1.165, 1.54) is 4.31 Å². The summed E-state index contributed by atoms with van der Waals surface area (Å²) in [6.45, 7) is 1.26. The molecule has 102 valence electrons. The minimum atomic E-state index is -3.11. The molecule has 1 rings (SSSR count). The van der Waals surface area contributed by atoms with Gasteiger partial charge < -0.3 is 5.32 Å². The van der Waals surface area contributed by atoms with E-state index in [0.717, 1.165) is 18.5 Å². The van der Waals surface area contributed by atoms with Gasteiger partial charge in [-0.3, -0.25) is 0 Å². The zero-order valence-corrected chi connectivity index (χ0v) is 11.9. The van der Waals surface area contributed by atoms with Crippen molar-refractivity contribution in [1.29, 1.82) is 0 Å². The summed E-state index contributed by atoms with van der Waals surface area (Å²) >= 11 is 0. The van der Waals surface area contributed by atoms with Gasteiger partial charge in [-0.2, -0.15) is 0 Å². The van der Waals surface area contributed by atoms with E-state index >= 15 is 0 Å². The molecule has 0 saturated heterocycles. The SMILES string of the molecule is CNCCCS(=O)(=O)N(C)CCc1ccccc1. The molecule has 0 unspecified atom stereocenters. The fourth-order valence-corrected chi connectivity index (χ4v) is 2.85. The summed E-state index contributed by atoms with van der Waals surface area (Å²) < 4.78 is 25.3.